The van der Waals surface area contributed by atoms with Crippen LogP contribution in [0.25, 0.3) is 0 Å². The molecule has 16 heteroatoms. The van der Waals surface area contributed by atoms with E-state index in [1.54, 1.807) is 57.3 Å². The van der Waals surface area contributed by atoms with Crippen LogP contribution in [0.1, 0.15) is 20.7 Å². The molecular weight excluding hydrogens is 1060 g/mol. The highest BCUT2D eigenvalue weighted by Gasteiger charge is 2.31. The first-order valence-corrected chi connectivity index (χ1v) is 15.9. The summed E-state index contributed by atoms with van der Waals surface area (Å²) in [5.74, 6) is -2.15. The van der Waals surface area contributed by atoms with Crippen LogP contribution in [0.3, 0.4) is 0 Å². The Hall–Kier alpha value is -0.440. The van der Waals surface area contributed by atoms with E-state index in [2.05, 4.69) is 22.6 Å². The maximum absolute atomic E-state index is 13.1. The van der Waals surface area contributed by atoms with E-state index in [1.807, 2.05) is 45.2 Å². The number of rotatable bonds is 6. The third-order valence-electron chi connectivity index (χ3n) is 4.26. The van der Waals surface area contributed by atoms with Gasteiger partial charge in [-0.15, -0.1) is 0 Å². The van der Waals surface area contributed by atoms with Gasteiger partial charge in [-0.25, -0.2) is 9.59 Å². The molecule has 188 valence electrons. The van der Waals surface area contributed by atoms with Crippen LogP contribution in [0, 0.1) is 28.0 Å². The number of nitro groups is 1. The molecule has 0 heterocycles. The summed E-state index contributed by atoms with van der Waals surface area (Å²) in [5.41, 5.74) is -1.70. The lowest BCUT2D eigenvalue weighted by Crippen LogP contribution is -2.20. The molecule has 1 N–H and O–H groups in total. The highest BCUT2D eigenvalue weighted by molar-refractivity contribution is 14.1. The molecule has 0 amide bonds. The van der Waals surface area contributed by atoms with E-state index in [1.165, 1.54) is 12.1 Å². The summed E-state index contributed by atoms with van der Waals surface area (Å²) in [7, 11) is -4.54. The Labute approximate surface area is 271 Å². The Bertz CT molecular complexity index is 1500. The van der Waals surface area contributed by atoms with Crippen molar-refractivity contribution in [3.05, 3.63) is 81.6 Å². The molecule has 3 aromatic carbocycles. The number of benzene rings is 3. The first-order chi connectivity index (χ1) is 16.7. The maximum atomic E-state index is 13.1. The molecule has 0 atom stereocenters. The van der Waals surface area contributed by atoms with Gasteiger partial charge < -0.3 is 9.47 Å². The van der Waals surface area contributed by atoms with Crippen molar-refractivity contribution in [2.24, 2.45) is 0 Å². The first-order valence-electron chi connectivity index (χ1n) is 9.03. The van der Waals surface area contributed by atoms with Crippen LogP contribution in [-0.2, 0) is 10.1 Å². The van der Waals surface area contributed by atoms with Crippen molar-refractivity contribution < 1.29 is 37.0 Å². The quantitative estimate of drug-likeness (QED) is 0.0750. The van der Waals surface area contributed by atoms with Gasteiger partial charge in [0.05, 0.1) is 17.6 Å². The summed E-state index contributed by atoms with van der Waals surface area (Å²) in [4.78, 5) is 36.6. The zero-order chi connectivity index (χ0) is 26.9. The summed E-state index contributed by atoms with van der Waals surface area (Å²) < 4.78 is 45.6. The molecule has 10 nitrogen and oxygen atoms in total. The lowest BCUT2D eigenvalue weighted by molar-refractivity contribution is -0.385. The number of halogens is 5. The number of esters is 2. The van der Waals surface area contributed by atoms with E-state index in [-0.39, 0.29) is 23.5 Å². The zero-order valence-electron chi connectivity index (χ0n) is 17.0. The average Bonchev–Trinajstić information content (AvgIpc) is 2.73. The van der Waals surface area contributed by atoms with E-state index in [0.717, 1.165) is 21.8 Å². The van der Waals surface area contributed by atoms with Crippen LogP contribution in [-0.4, -0.2) is 29.8 Å². The SMILES string of the molecule is O=C(Oc1c(I)cc(I)cc1I)c1cccc([N+](=O)[O-])c1C(=O)Oc1cc(I)c(S(=O)(=O)O)c(I)c1. The Kier molecular flexibility index (Phi) is 10.2. The van der Waals surface area contributed by atoms with Gasteiger partial charge in [0, 0.05) is 16.8 Å². The van der Waals surface area contributed by atoms with Gasteiger partial charge in [-0.05, 0) is 143 Å². The van der Waals surface area contributed by atoms with Gasteiger partial charge in [0.2, 0.25) is 0 Å². The molecule has 3 rings (SSSR count). The topological polar surface area (TPSA) is 150 Å². The predicted molar refractivity (Wildman–Crippen MR) is 169 cm³/mol. The van der Waals surface area contributed by atoms with E-state index >= 15 is 0 Å². The fourth-order valence-corrected chi connectivity index (χ4v) is 10.6. The lowest BCUT2D eigenvalue weighted by atomic mass is 10.1. The normalized spacial score (nSPS) is 11.2. The van der Waals surface area contributed by atoms with Crippen molar-refractivity contribution in [3.8, 4) is 11.5 Å². The second kappa shape index (κ2) is 12.2. The second-order valence-corrected chi connectivity index (χ2v) is 13.9. The molecule has 0 unspecified atom stereocenters. The fourth-order valence-electron chi connectivity index (χ4n) is 2.85. The Balaban J connectivity index is 2.05. The minimum absolute atomic E-state index is 0.0508. The Morgan fingerprint density at radius 3 is 1.92 bits per heavy atom. The van der Waals surface area contributed by atoms with Crippen LogP contribution in [0.4, 0.5) is 5.69 Å². The first kappa shape index (κ1) is 30.1. The number of carbonyl (C=O) groups excluding carboxylic acids is 2. The molecule has 36 heavy (non-hydrogen) atoms. The largest absolute Gasteiger partial charge is 0.423 e. The fraction of sp³-hybridized carbons (Fsp3) is 0. The van der Waals surface area contributed by atoms with Crippen LogP contribution in [0.5, 0.6) is 11.5 Å². The maximum Gasteiger partial charge on any atom is 0.351 e. The monoisotopic (exact) mass is 1070 g/mol. The Morgan fingerprint density at radius 1 is 0.861 bits per heavy atom. The van der Waals surface area contributed by atoms with Crippen molar-refractivity contribution >= 4 is 141 Å². The van der Waals surface area contributed by atoms with Crippen molar-refractivity contribution in [1.82, 2.24) is 0 Å². The molecule has 0 saturated carbocycles. The number of ether oxygens (including phenoxy) is 2. The zero-order valence-corrected chi connectivity index (χ0v) is 28.6. The predicted octanol–water partition coefficient (Wildman–Crippen LogP) is 6.30. The van der Waals surface area contributed by atoms with Crippen molar-refractivity contribution in [3.63, 3.8) is 0 Å². The van der Waals surface area contributed by atoms with Crippen molar-refractivity contribution in [1.29, 1.82) is 0 Å². The molecule has 0 aliphatic rings. The van der Waals surface area contributed by atoms with Gasteiger partial charge in [0.1, 0.15) is 10.6 Å². The van der Waals surface area contributed by atoms with Crippen molar-refractivity contribution in [2.75, 3.05) is 0 Å². The van der Waals surface area contributed by atoms with Gasteiger partial charge in [0.25, 0.3) is 15.8 Å². The van der Waals surface area contributed by atoms with Gasteiger partial charge in [-0.3, -0.25) is 14.7 Å². The molecule has 0 aromatic heterocycles. The number of carbonyl (C=O) groups is 2. The number of hydrogen-bond donors (Lipinski definition) is 1. The molecule has 0 spiro atoms. The van der Waals surface area contributed by atoms with Gasteiger partial charge in [-0.1, -0.05) is 6.07 Å². The number of nitro benzene ring substituents is 1. The Morgan fingerprint density at radius 2 is 1.42 bits per heavy atom. The summed E-state index contributed by atoms with van der Waals surface area (Å²) in [6, 6.07) is 9.34. The molecule has 0 aliphatic carbocycles. The minimum Gasteiger partial charge on any atom is -0.423 e. The average molecular weight is 1070 g/mol. The summed E-state index contributed by atoms with van der Waals surface area (Å²) >= 11 is 9.34. The molecule has 0 saturated heterocycles. The third kappa shape index (κ3) is 6.95. The second-order valence-electron chi connectivity index (χ2n) is 6.63. The number of nitrogens with zero attached hydrogens (tertiary/aromatic N) is 1. The van der Waals surface area contributed by atoms with E-state index in [4.69, 9.17) is 9.47 Å². The van der Waals surface area contributed by atoms with Crippen LogP contribution < -0.4 is 9.47 Å². The van der Waals surface area contributed by atoms with Crippen LogP contribution in [0.15, 0.2) is 47.4 Å². The molecule has 3 aromatic rings. The van der Waals surface area contributed by atoms with Gasteiger partial charge in [0.15, 0.2) is 11.3 Å². The summed E-state index contributed by atoms with van der Waals surface area (Å²) in [5, 5.41) is 11.7. The molecule has 0 bridgehead atoms. The highest BCUT2D eigenvalue weighted by atomic mass is 127. The lowest BCUT2D eigenvalue weighted by Gasteiger charge is -2.13. The van der Waals surface area contributed by atoms with Gasteiger partial charge >= 0.3 is 11.9 Å². The summed E-state index contributed by atoms with van der Waals surface area (Å²) in [6.07, 6.45) is 0. The standard InChI is InChI=1S/C20H8I5NO9S/c21-8-4-11(22)17(12(23)5-8)35-19(27)10-2-1-3-15(26(29)30)16(10)20(28)34-9-6-13(24)18(14(25)7-9)36(31,32)33/h1-7H,(H,31,32,33). The molecule has 0 radical (unpaired) electrons. The van der Waals surface area contributed by atoms with E-state index in [0.29, 0.717) is 7.14 Å². The third-order valence-corrected chi connectivity index (χ3v) is 9.88. The molecule has 0 fully saturated rings. The van der Waals surface area contributed by atoms with Crippen molar-refractivity contribution in [2.45, 2.75) is 4.90 Å². The van der Waals surface area contributed by atoms with E-state index < -0.39 is 43.8 Å². The minimum atomic E-state index is -4.54. The molecule has 0 aliphatic heterocycles. The van der Waals surface area contributed by atoms with Gasteiger partial charge in [-0.2, -0.15) is 8.42 Å². The molecular formula is C20H8I5NO9S. The highest BCUT2D eigenvalue weighted by Crippen LogP contribution is 2.33. The van der Waals surface area contributed by atoms with E-state index in [9.17, 15) is 32.7 Å². The smallest absolute Gasteiger partial charge is 0.351 e. The van der Waals surface area contributed by atoms with Crippen LogP contribution in [0.2, 0.25) is 0 Å². The number of hydrogen-bond acceptors (Lipinski definition) is 8. The summed E-state index contributed by atoms with van der Waals surface area (Å²) in [6.45, 7) is 0. The van der Waals surface area contributed by atoms with Crippen LogP contribution >= 0.6 is 113 Å².